The van der Waals surface area contributed by atoms with E-state index in [-0.39, 0.29) is 12.1 Å². The third-order valence-corrected chi connectivity index (χ3v) is 6.70. The van der Waals surface area contributed by atoms with Crippen molar-refractivity contribution >= 4 is 21.5 Å². The van der Waals surface area contributed by atoms with Gasteiger partial charge in [0, 0.05) is 24.5 Å². The lowest BCUT2D eigenvalue weighted by Crippen LogP contribution is -2.45. The first-order valence-electron chi connectivity index (χ1n) is 7.42. The zero-order valence-electron chi connectivity index (χ0n) is 12.9. The van der Waals surface area contributed by atoms with Crippen molar-refractivity contribution < 1.29 is 8.42 Å². The summed E-state index contributed by atoms with van der Waals surface area (Å²) in [5, 5.41) is 2.05. The average Bonchev–Trinajstić information content (AvgIpc) is 3.10. The molecule has 0 radical (unpaired) electrons. The Labute approximate surface area is 132 Å². The van der Waals surface area contributed by atoms with E-state index in [1.54, 1.807) is 18.4 Å². The Bertz CT molecular complexity index is 522. The van der Waals surface area contributed by atoms with E-state index in [0.717, 1.165) is 13.1 Å². The van der Waals surface area contributed by atoms with Gasteiger partial charge in [-0.05, 0) is 51.2 Å². The number of hydrogen-bond donors (Lipinski definition) is 1. The summed E-state index contributed by atoms with van der Waals surface area (Å²) in [5.41, 5.74) is 0. The van der Waals surface area contributed by atoms with Gasteiger partial charge in [-0.15, -0.1) is 11.3 Å². The van der Waals surface area contributed by atoms with Crippen molar-refractivity contribution in [2.24, 2.45) is 0 Å². The summed E-state index contributed by atoms with van der Waals surface area (Å²) in [5.74, 6) is 0. The Balaban J connectivity index is 2.06. The normalized spacial score (nSPS) is 18.7. The molecule has 1 N–H and O–H groups in total. The second-order valence-corrected chi connectivity index (χ2v) is 8.53. The molecule has 0 spiro atoms. The molecule has 0 aromatic carbocycles. The molecule has 0 amide bonds. The Morgan fingerprint density at radius 3 is 2.57 bits per heavy atom. The third kappa shape index (κ3) is 4.26. The largest absolute Gasteiger partial charge is 0.294 e. The van der Waals surface area contributed by atoms with E-state index in [9.17, 15) is 8.42 Å². The van der Waals surface area contributed by atoms with Crippen LogP contribution < -0.4 is 4.72 Å². The van der Waals surface area contributed by atoms with Crippen LogP contribution in [0.25, 0.3) is 0 Å². The topological polar surface area (TPSA) is 52.7 Å². The molecule has 1 aromatic rings. The maximum atomic E-state index is 12.3. The van der Waals surface area contributed by atoms with Crippen molar-refractivity contribution in [3.8, 4) is 0 Å². The van der Waals surface area contributed by atoms with Gasteiger partial charge in [0.05, 0.1) is 6.04 Å². The zero-order valence-corrected chi connectivity index (χ0v) is 14.6. The highest BCUT2D eigenvalue weighted by molar-refractivity contribution is 7.87. The van der Waals surface area contributed by atoms with Gasteiger partial charge in [-0.3, -0.25) is 4.90 Å². The predicted molar refractivity (Wildman–Crippen MR) is 87.7 cm³/mol. The fourth-order valence-corrected chi connectivity index (χ4v) is 4.50. The molecule has 1 aliphatic rings. The highest BCUT2D eigenvalue weighted by Crippen LogP contribution is 2.28. The number of hydrogen-bond acceptors (Lipinski definition) is 4. The van der Waals surface area contributed by atoms with Gasteiger partial charge in [-0.1, -0.05) is 6.07 Å². The summed E-state index contributed by atoms with van der Waals surface area (Å²) >= 11 is 1.69. The van der Waals surface area contributed by atoms with Crippen LogP contribution in [-0.2, 0) is 10.2 Å². The van der Waals surface area contributed by atoms with Crippen LogP contribution in [0.1, 0.15) is 37.6 Å². The van der Waals surface area contributed by atoms with Crippen molar-refractivity contribution in [3.05, 3.63) is 22.4 Å². The van der Waals surface area contributed by atoms with Crippen LogP contribution in [-0.4, -0.2) is 50.3 Å². The van der Waals surface area contributed by atoms with Gasteiger partial charge in [0.25, 0.3) is 10.2 Å². The fraction of sp³-hybridized carbons (Fsp3) is 0.714. The lowest BCUT2D eigenvalue weighted by Gasteiger charge is -2.28. The highest BCUT2D eigenvalue weighted by atomic mass is 32.2. The van der Waals surface area contributed by atoms with Crippen molar-refractivity contribution in [3.63, 3.8) is 0 Å². The zero-order chi connectivity index (χ0) is 15.5. The first-order chi connectivity index (χ1) is 9.92. The standard InChI is InChI=1S/C14H25N3O2S2/c1-12(2)16(3)21(18,19)15-11-13(14-7-6-10-20-14)17-8-4-5-9-17/h6-7,10,12-13,15H,4-5,8-9,11H2,1-3H3. The Morgan fingerprint density at radius 2 is 2.05 bits per heavy atom. The minimum absolute atomic E-state index is 0.0468. The van der Waals surface area contributed by atoms with E-state index >= 15 is 0 Å². The molecule has 1 unspecified atom stereocenters. The molecule has 0 bridgehead atoms. The van der Waals surface area contributed by atoms with Crippen LogP contribution in [0.4, 0.5) is 0 Å². The maximum Gasteiger partial charge on any atom is 0.279 e. The second-order valence-electron chi connectivity index (χ2n) is 5.74. The molecule has 2 rings (SSSR count). The summed E-state index contributed by atoms with van der Waals surface area (Å²) in [6.45, 7) is 6.27. The molecule has 5 nitrogen and oxygen atoms in total. The highest BCUT2D eigenvalue weighted by Gasteiger charge is 2.27. The average molecular weight is 332 g/mol. The monoisotopic (exact) mass is 331 g/mol. The van der Waals surface area contributed by atoms with Gasteiger partial charge in [0.2, 0.25) is 0 Å². The van der Waals surface area contributed by atoms with E-state index in [4.69, 9.17) is 0 Å². The molecule has 1 fully saturated rings. The van der Waals surface area contributed by atoms with E-state index in [1.165, 1.54) is 22.0 Å². The van der Waals surface area contributed by atoms with E-state index in [2.05, 4.69) is 15.7 Å². The number of thiophene rings is 1. The summed E-state index contributed by atoms with van der Waals surface area (Å²) < 4.78 is 28.7. The lowest BCUT2D eigenvalue weighted by molar-refractivity contribution is 0.248. The molecule has 1 atom stereocenters. The molecule has 7 heteroatoms. The van der Waals surface area contributed by atoms with E-state index < -0.39 is 10.2 Å². The van der Waals surface area contributed by atoms with Gasteiger partial charge in [-0.2, -0.15) is 12.7 Å². The number of likely N-dealkylation sites (tertiary alicyclic amines) is 1. The summed E-state index contributed by atoms with van der Waals surface area (Å²) in [4.78, 5) is 3.61. The minimum Gasteiger partial charge on any atom is -0.294 e. The SMILES string of the molecule is CC(C)N(C)S(=O)(=O)NCC(c1cccs1)N1CCCC1. The summed E-state index contributed by atoms with van der Waals surface area (Å²) in [7, 11) is -1.80. The molecule has 0 saturated carbocycles. The van der Waals surface area contributed by atoms with Crippen LogP contribution in [0.2, 0.25) is 0 Å². The lowest BCUT2D eigenvalue weighted by atomic mass is 10.2. The molecular formula is C14H25N3O2S2. The smallest absolute Gasteiger partial charge is 0.279 e. The molecule has 1 aliphatic heterocycles. The van der Waals surface area contributed by atoms with Crippen LogP contribution in [0.15, 0.2) is 17.5 Å². The Hall–Kier alpha value is -0.470. The number of nitrogens with one attached hydrogen (secondary N) is 1. The maximum absolute atomic E-state index is 12.3. The predicted octanol–water partition coefficient (Wildman–Crippen LogP) is 2.06. The van der Waals surface area contributed by atoms with Crippen molar-refractivity contribution in [2.45, 2.75) is 38.8 Å². The second kappa shape index (κ2) is 7.19. The molecule has 2 heterocycles. The molecule has 1 aromatic heterocycles. The third-order valence-electron chi connectivity index (χ3n) is 4.02. The van der Waals surface area contributed by atoms with Gasteiger partial charge in [-0.25, -0.2) is 4.72 Å². The Morgan fingerprint density at radius 1 is 1.38 bits per heavy atom. The molecule has 21 heavy (non-hydrogen) atoms. The van der Waals surface area contributed by atoms with Gasteiger partial charge in [0.1, 0.15) is 0 Å². The fourth-order valence-electron chi connectivity index (χ4n) is 2.51. The van der Waals surface area contributed by atoms with Gasteiger partial charge >= 0.3 is 0 Å². The van der Waals surface area contributed by atoms with Crippen LogP contribution in [0.3, 0.4) is 0 Å². The van der Waals surface area contributed by atoms with Gasteiger partial charge in [0.15, 0.2) is 0 Å². The van der Waals surface area contributed by atoms with Crippen molar-refractivity contribution in [1.29, 1.82) is 0 Å². The van der Waals surface area contributed by atoms with Crippen molar-refractivity contribution in [2.75, 3.05) is 26.7 Å². The van der Waals surface area contributed by atoms with Crippen LogP contribution in [0.5, 0.6) is 0 Å². The number of nitrogens with zero attached hydrogens (tertiary/aromatic N) is 2. The first kappa shape index (κ1) is 16.9. The minimum atomic E-state index is -3.41. The molecule has 1 saturated heterocycles. The van der Waals surface area contributed by atoms with Gasteiger partial charge < -0.3 is 0 Å². The van der Waals surface area contributed by atoms with Crippen LogP contribution in [0, 0.1) is 0 Å². The van der Waals surface area contributed by atoms with Crippen molar-refractivity contribution in [1.82, 2.24) is 13.9 Å². The molecule has 120 valence electrons. The molecular weight excluding hydrogens is 306 g/mol. The first-order valence-corrected chi connectivity index (χ1v) is 9.74. The molecule has 0 aliphatic carbocycles. The van der Waals surface area contributed by atoms with E-state index in [0.29, 0.717) is 6.54 Å². The summed E-state index contributed by atoms with van der Waals surface area (Å²) in [6.07, 6.45) is 2.39. The quantitative estimate of drug-likeness (QED) is 0.832. The summed E-state index contributed by atoms with van der Waals surface area (Å²) in [6, 6.07) is 4.21. The Kier molecular flexibility index (Phi) is 5.79. The number of rotatable bonds is 7. The van der Waals surface area contributed by atoms with E-state index in [1.807, 2.05) is 25.3 Å². The van der Waals surface area contributed by atoms with Crippen LogP contribution >= 0.6 is 11.3 Å².